The molecule has 2 aromatic heterocycles. The summed E-state index contributed by atoms with van der Waals surface area (Å²) >= 11 is 7.53. The predicted molar refractivity (Wildman–Crippen MR) is 120 cm³/mol. The molecule has 0 aliphatic heterocycles. The number of anilines is 1. The van der Waals surface area contributed by atoms with Crippen molar-refractivity contribution in [2.75, 3.05) is 19.5 Å². The lowest BCUT2D eigenvalue weighted by atomic mass is 10.1. The van der Waals surface area contributed by atoms with Crippen LogP contribution >= 0.6 is 22.9 Å². The molecule has 1 N–H and O–H groups in total. The van der Waals surface area contributed by atoms with Crippen LogP contribution in [0.1, 0.15) is 11.3 Å². The van der Waals surface area contributed by atoms with Crippen LogP contribution in [0.25, 0.3) is 16.2 Å². The third-order valence-corrected chi connectivity index (χ3v) is 5.91. The van der Waals surface area contributed by atoms with Crippen LogP contribution in [0.4, 0.5) is 5.69 Å². The zero-order valence-corrected chi connectivity index (χ0v) is 18.3. The average Bonchev–Trinajstić information content (AvgIpc) is 3.32. The number of fused-ring (bicyclic) bond motifs is 1. The van der Waals surface area contributed by atoms with Crippen LogP contribution in [0.15, 0.2) is 48.0 Å². The fourth-order valence-electron chi connectivity index (χ4n) is 3.19. The van der Waals surface area contributed by atoms with Crippen LogP contribution in [0, 0.1) is 6.92 Å². The first-order chi connectivity index (χ1) is 14.5. The summed E-state index contributed by atoms with van der Waals surface area (Å²) in [6.45, 7) is 1.93. The van der Waals surface area contributed by atoms with Gasteiger partial charge in [0.1, 0.15) is 11.5 Å². The van der Waals surface area contributed by atoms with E-state index in [0.29, 0.717) is 16.5 Å². The molecule has 0 atom stereocenters. The Balaban J connectivity index is 1.61. The number of imidazole rings is 1. The van der Waals surface area contributed by atoms with E-state index in [1.165, 1.54) is 11.3 Å². The van der Waals surface area contributed by atoms with Crippen molar-refractivity contribution in [2.24, 2.45) is 0 Å². The minimum absolute atomic E-state index is 0.116. The van der Waals surface area contributed by atoms with Gasteiger partial charge in [0, 0.05) is 33.5 Å². The minimum Gasteiger partial charge on any atom is -0.497 e. The van der Waals surface area contributed by atoms with Gasteiger partial charge in [-0.2, -0.15) is 0 Å². The monoisotopic (exact) mass is 441 g/mol. The van der Waals surface area contributed by atoms with Crippen molar-refractivity contribution >= 4 is 39.5 Å². The van der Waals surface area contributed by atoms with Crippen LogP contribution < -0.4 is 14.8 Å². The Morgan fingerprint density at radius 1 is 1.20 bits per heavy atom. The van der Waals surface area contributed by atoms with Crippen molar-refractivity contribution in [3.05, 3.63) is 64.3 Å². The van der Waals surface area contributed by atoms with Crippen molar-refractivity contribution in [2.45, 2.75) is 13.3 Å². The highest BCUT2D eigenvalue weighted by Gasteiger charge is 2.16. The number of aromatic nitrogens is 2. The summed E-state index contributed by atoms with van der Waals surface area (Å²) in [5.41, 5.74) is 4.11. The molecule has 30 heavy (non-hydrogen) atoms. The maximum atomic E-state index is 12.6. The Morgan fingerprint density at radius 2 is 2.03 bits per heavy atom. The molecule has 0 aliphatic carbocycles. The smallest absolute Gasteiger partial charge is 0.230 e. The number of benzene rings is 2. The fraction of sp³-hybridized carbons (Fsp3) is 0.182. The lowest BCUT2D eigenvalue weighted by molar-refractivity contribution is -0.115. The molecule has 8 heteroatoms. The second kappa shape index (κ2) is 8.38. The third-order valence-electron chi connectivity index (χ3n) is 4.78. The molecule has 0 radical (unpaired) electrons. The van der Waals surface area contributed by atoms with Gasteiger partial charge < -0.3 is 14.8 Å². The number of methoxy groups -OCH3 is 2. The molecule has 1 amide bonds. The van der Waals surface area contributed by atoms with Crippen molar-refractivity contribution in [3.63, 3.8) is 0 Å². The van der Waals surface area contributed by atoms with Crippen LogP contribution in [0.3, 0.4) is 0 Å². The Kier molecular flexibility index (Phi) is 5.65. The number of carbonyl (C=O) groups excluding carboxylic acids is 1. The predicted octanol–water partition coefficient (Wildman–Crippen LogP) is 5.22. The quantitative estimate of drug-likeness (QED) is 0.445. The Labute approximate surface area is 183 Å². The summed E-state index contributed by atoms with van der Waals surface area (Å²) in [7, 11) is 3.24. The van der Waals surface area contributed by atoms with E-state index in [-0.39, 0.29) is 12.3 Å². The Morgan fingerprint density at radius 3 is 2.80 bits per heavy atom. The Hall–Kier alpha value is -3.03. The van der Waals surface area contributed by atoms with Crippen molar-refractivity contribution in [3.8, 4) is 22.8 Å². The SMILES string of the molecule is COc1ccc(OC)c(-c2cn3c(CC(=O)Nc4cc(Cl)ccc4C)csc3n2)c1. The highest BCUT2D eigenvalue weighted by Crippen LogP contribution is 2.34. The molecule has 4 rings (SSSR count). The number of rotatable bonds is 6. The van der Waals surface area contributed by atoms with Gasteiger partial charge >= 0.3 is 0 Å². The van der Waals surface area contributed by atoms with Crippen molar-refractivity contribution in [1.82, 2.24) is 9.38 Å². The van der Waals surface area contributed by atoms with E-state index >= 15 is 0 Å². The van der Waals surface area contributed by atoms with Gasteiger partial charge in [0.25, 0.3) is 0 Å². The average molecular weight is 442 g/mol. The first-order valence-electron chi connectivity index (χ1n) is 9.22. The molecule has 0 bridgehead atoms. The minimum atomic E-state index is -0.116. The van der Waals surface area contributed by atoms with Gasteiger partial charge in [-0.05, 0) is 42.8 Å². The maximum Gasteiger partial charge on any atom is 0.230 e. The van der Waals surface area contributed by atoms with Crippen molar-refractivity contribution in [1.29, 1.82) is 0 Å². The second-order valence-corrected chi connectivity index (χ2v) is 8.03. The van der Waals surface area contributed by atoms with Crippen LogP contribution in [-0.4, -0.2) is 29.5 Å². The normalized spacial score (nSPS) is 10.9. The van der Waals surface area contributed by atoms with E-state index < -0.39 is 0 Å². The number of hydrogen-bond donors (Lipinski definition) is 1. The van der Waals surface area contributed by atoms with Gasteiger partial charge in [-0.15, -0.1) is 11.3 Å². The first kappa shape index (κ1) is 20.3. The van der Waals surface area contributed by atoms with E-state index in [9.17, 15) is 4.79 Å². The van der Waals surface area contributed by atoms with E-state index in [4.69, 9.17) is 26.1 Å². The zero-order valence-electron chi connectivity index (χ0n) is 16.7. The van der Waals surface area contributed by atoms with Gasteiger partial charge in [0.05, 0.1) is 26.3 Å². The molecule has 0 saturated carbocycles. The number of aryl methyl sites for hydroxylation is 1. The number of halogens is 1. The standard InChI is InChI=1S/C22H20ClN3O3S/c1-13-4-5-14(23)8-18(13)24-21(27)9-15-12-30-22-25-19(11-26(15)22)17-10-16(28-2)6-7-20(17)29-3/h4-8,10-12H,9H2,1-3H3,(H,24,27). The molecule has 154 valence electrons. The molecule has 0 spiro atoms. The first-order valence-corrected chi connectivity index (χ1v) is 10.5. The summed E-state index contributed by atoms with van der Waals surface area (Å²) in [5, 5.41) is 5.46. The van der Waals surface area contributed by atoms with Gasteiger partial charge in [-0.3, -0.25) is 9.20 Å². The molecule has 0 saturated heterocycles. The lowest BCUT2D eigenvalue weighted by Gasteiger charge is -2.09. The number of amides is 1. The molecule has 0 fully saturated rings. The number of ether oxygens (including phenoxy) is 2. The number of nitrogens with zero attached hydrogens (tertiary/aromatic N) is 2. The second-order valence-electron chi connectivity index (χ2n) is 6.76. The van der Waals surface area contributed by atoms with Gasteiger partial charge in [-0.1, -0.05) is 17.7 Å². The molecule has 2 aromatic carbocycles. The number of hydrogen-bond acceptors (Lipinski definition) is 5. The molecular weight excluding hydrogens is 422 g/mol. The summed E-state index contributed by atoms with van der Waals surface area (Å²) < 4.78 is 12.7. The topological polar surface area (TPSA) is 64.9 Å². The number of carbonyl (C=O) groups is 1. The molecule has 2 heterocycles. The molecular formula is C22H20ClN3O3S. The summed E-state index contributed by atoms with van der Waals surface area (Å²) in [6, 6.07) is 11.0. The highest BCUT2D eigenvalue weighted by atomic mass is 35.5. The van der Waals surface area contributed by atoms with E-state index in [2.05, 4.69) is 5.32 Å². The van der Waals surface area contributed by atoms with E-state index in [0.717, 1.165) is 33.2 Å². The van der Waals surface area contributed by atoms with Crippen LogP contribution in [0.5, 0.6) is 11.5 Å². The van der Waals surface area contributed by atoms with E-state index in [1.807, 2.05) is 47.2 Å². The Bertz CT molecular complexity index is 1230. The lowest BCUT2D eigenvalue weighted by Crippen LogP contribution is -2.16. The van der Waals surface area contributed by atoms with Gasteiger partial charge in [0.2, 0.25) is 5.91 Å². The number of nitrogens with one attached hydrogen (secondary N) is 1. The molecule has 4 aromatic rings. The summed E-state index contributed by atoms with van der Waals surface area (Å²) in [6.07, 6.45) is 2.13. The molecule has 0 unspecified atom stereocenters. The van der Waals surface area contributed by atoms with Crippen molar-refractivity contribution < 1.29 is 14.3 Å². The summed E-state index contributed by atoms with van der Waals surface area (Å²) in [4.78, 5) is 18.1. The van der Waals surface area contributed by atoms with Crippen LogP contribution in [0.2, 0.25) is 5.02 Å². The zero-order chi connectivity index (χ0) is 21.3. The third kappa shape index (κ3) is 3.99. The van der Waals surface area contributed by atoms with Gasteiger partial charge in [-0.25, -0.2) is 4.98 Å². The van der Waals surface area contributed by atoms with Crippen LogP contribution in [-0.2, 0) is 11.2 Å². The molecule has 0 aliphatic rings. The maximum absolute atomic E-state index is 12.6. The molecule has 6 nitrogen and oxygen atoms in total. The highest BCUT2D eigenvalue weighted by molar-refractivity contribution is 7.15. The van der Waals surface area contributed by atoms with E-state index in [1.54, 1.807) is 26.4 Å². The van der Waals surface area contributed by atoms with Gasteiger partial charge in [0.15, 0.2) is 4.96 Å². The summed E-state index contributed by atoms with van der Waals surface area (Å²) in [5.74, 6) is 1.31. The largest absolute Gasteiger partial charge is 0.497 e. The number of thiazole rings is 1. The fourth-order valence-corrected chi connectivity index (χ4v) is 4.23.